The fourth-order valence-electron chi connectivity index (χ4n) is 2.15. The van der Waals surface area contributed by atoms with Crippen LogP contribution in [-0.4, -0.2) is 39.1 Å². The highest BCUT2D eigenvalue weighted by atomic mass is 16.4. The first-order valence-corrected chi connectivity index (χ1v) is 6.21. The second-order valence-electron chi connectivity index (χ2n) is 4.67. The van der Waals surface area contributed by atoms with E-state index in [9.17, 15) is 14.4 Å². The summed E-state index contributed by atoms with van der Waals surface area (Å²) in [4.78, 5) is 36.0. The predicted octanol–water partition coefficient (Wildman–Crippen LogP) is 0.998. The zero-order valence-corrected chi connectivity index (χ0v) is 11.2. The summed E-state index contributed by atoms with van der Waals surface area (Å²) in [6.45, 7) is 1.25. The Morgan fingerprint density at radius 1 is 1.29 bits per heavy atom. The van der Waals surface area contributed by atoms with Crippen molar-refractivity contribution in [2.24, 2.45) is 0 Å². The Morgan fingerprint density at radius 3 is 2.57 bits per heavy atom. The van der Waals surface area contributed by atoms with Gasteiger partial charge in [-0.2, -0.15) is 0 Å². The van der Waals surface area contributed by atoms with Crippen LogP contribution >= 0.6 is 0 Å². The van der Waals surface area contributed by atoms with E-state index in [0.29, 0.717) is 11.1 Å². The molecule has 2 aromatic rings. The van der Waals surface area contributed by atoms with Gasteiger partial charge < -0.3 is 20.5 Å². The summed E-state index contributed by atoms with van der Waals surface area (Å²) < 4.78 is 0. The van der Waals surface area contributed by atoms with Gasteiger partial charge in [-0.05, 0) is 17.7 Å². The molecule has 0 radical (unpaired) electrons. The monoisotopic (exact) mass is 290 g/mol. The number of carboxylic acids is 2. The number of amides is 1. The molecule has 0 fully saturated rings. The van der Waals surface area contributed by atoms with Crippen molar-refractivity contribution < 1.29 is 24.6 Å². The molecule has 0 aliphatic carbocycles. The van der Waals surface area contributed by atoms with Crippen LogP contribution in [0.3, 0.4) is 0 Å². The molecule has 2 rings (SSSR count). The molecule has 1 aromatic heterocycles. The van der Waals surface area contributed by atoms with E-state index in [4.69, 9.17) is 10.2 Å². The molecule has 4 N–H and O–H groups in total. The lowest BCUT2D eigenvalue weighted by molar-refractivity contribution is -0.141. The van der Waals surface area contributed by atoms with Gasteiger partial charge in [-0.3, -0.25) is 4.79 Å². The zero-order chi connectivity index (χ0) is 15.6. The maximum atomic E-state index is 11.1. The molecule has 1 atom stereocenters. The molecule has 1 amide bonds. The van der Waals surface area contributed by atoms with Crippen LogP contribution in [0.1, 0.15) is 22.8 Å². The van der Waals surface area contributed by atoms with Gasteiger partial charge in [-0.1, -0.05) is 6.07 Å². The first kappa shape index (κ1) is 14.6. The average Bonchev–Trinajstić information content (AvgIpc) is 2.79. The van der Waals surface area contributed by atoms with E-state index in [1.54, 1.807) is 12.3 Å². The third-order valence-electron chi connectivity index (χ3n) is 3.11. The smallest absolute Gasteiger partial charge is 0.335 e. The van der Waals surface area contributed by atoms with E-state index in [1.165, 1.54) is 19.1 Å². The van der Waals surface area contributed by atoms with E-state index in [1.807, 2.05) is 0 Å². The lowest BCUT2D eigenvalue weighted by atomic mass is 10.0. The van der Waals surface area contributed by atoms with Crippen molar-refractivity contribution in [1.82, 2.24) is 10.3 Å². The van der Waals surface area contributed by atoms with Crippen molar-refractivity contribution >= 4 is 28.7 Å². The fourth-order valence-corrected chi connectivity index (χ4v) is 2.15. The summed E-state index contributed by atoms with van der Waals surface area (Å²) in [7, 11) is 0. The molecule has 0 saturated heterocycles. The first-order chi connectivity index (χ1) is 9.88. The number of carboxylic acid groups (broad SMARTS) is 2. The first-order valence-electron chi connectivity index (χ1n) is 6.21. The van der Waals surface area contributed by atoms with Gasteiger partial charge >= 0.3 is 11.9 Å². The Labute approximate surface area is 119 Å². The minimum Gasteiger partial charge on any atom is -0.480 e. The van der Waals surface area contributed by atoms with Crippen molar-refractivity contribution in [3.05, 3.63) is 35.5 Å². The van der Waals surface area contributed by atoms with Crippen LogP contribution in [0.15, 0.2) is 24.4 Å². The number of fused-ring (bicyclic) bond motifs is 1. The van der Waals surface area contributed by atoms with Crippen LogP contribution in [0.2, 0.25) is 0 Å². The van der Waals surface area contributed by atoms with E-state index in [2.05, 4.69) is 10.3 Å². The summed E-state index contributed by atoms with van der Waals surface area (Å²) in [5.74, 6) is -2.58. The molecule has 0 aliphatic rings. The number of aromatic amines is 1. The van der Waals surface area contributed by atoms with Crippen molar-refractivity contribution in [3.8, 4) is 0 Å². The van der Waals surface area contributed by atoms with Gasteiger partial charge in [0.05, 0.1) is 5.56 Å². The second kappa shape index (κ2) is 5.66. The number of rotatable bonds is 5. The highest BCUT2D eigenvalue weighted by Gasteiger charge is 2.20. The Bertz CT molecular complexity index is 719. The average molecular weight is 290 g/mol. The van der Waals surface area contributed by atoms with Crippen LogP contribution in [0.5, 0.6) is 0 Å². The normalized spacial score (nSPS) is 12.0. The molecule has 1 heterocycles. The van der Waals surface area contributed by atoms with E-state index < -0.39 is 23.9 Å². The SMILES string of the molecule is CC(=O)N[C@@H](Cc1c[nH]c2cc(C(=O)O)ccc12)C(=O)O. The third-order valence-corrected chi connectivity index (χ3v) is 3.11. The van der Waals surface area contributed by atoms with Crippen LogP contribution in [0.25, 0.3) is 10.9 Å². The van der Waals surface area contributed by atoms with Gasteiger partial charge in [0.15, 0.2) is 0 Å². The third kappa shape index (κ3) is 3.19. The standard InChI is InChI=1S/C14H14N2O5/c1-7(17)16-12(14(20)21)5-9-6-15-11-4-8(13(18)19)2-3-10(9)11/h2-4,6,12,15H,5H2,1H3,(H,16,17)(H,18,19)(H,20,21)/t12-/m0/s1. The topological polar surface area (TPSA) is 119 Å². The summed E-state index contributed by atoms with van der Waals surface area (Å²) in [6, 6.07) is 3.53. The molecule has 0 aliphatic heterocycles. The van der Waals surface area contributed by atoms with Crippen molar-refractivity contribution in [3.63, 3.8) is 0 Å². The second-order valence-corrected chi connectivity index (χ2v) is 4.67. The van der Waals surface area contributed by atoms with Gasteiger partial charge in [-0.15, -0.1) is 0 Å². The van der Waals surface area contributed by atoms with Gasteiger partial charge in [0, 0.05) is 30.4 Å². The maximum Gasteiger partial charge on any atom is 0.335 e. The number of hydrogen-bond donors (Lipinski definition) is 4. The van der Waals surface area contributed by atoms with Crippen LogP contribution in [0.4, 0.5) is 0 Å². The van der Waals surface area contributed by atoms with Crippen LogP contribution in [-0.2, 0) is 16.0 Å². The Hall–Kier alpha value is -2.83. The van der Waals surface area contributed by atoms with Crippen molar-refractivity contribution in [2.45, 2.75) is 19.4 Å². The molecule has 0 unspecified atom stereocenters. The highest BCUT2D eigenvalue weighted by Crippen LogP contribution is 2.21. The maximum absolute atomic E-state index is 11.1. The number of aromatic carboxylic acids is 1. The minimum atomic E-state index is -1.12. The predicted molar refractivity (Wildman–Crippen MR) is 74.2 cm³/mol. The molecule has 0 saturated carbocycles. The molecule has 1 aromatic carbocycles. The highest BCUT2D eigenvalue weighted by molar-refractivity contribution is 5.94. The number of carbonyl (C=O) groups excluding carboxylic acids is 1. The molecule has 7 nitrogen and oxygen atoms in total. The lowest BCUT2D eigenvalue weighted by Crippen LogP contribution is -2.41. The van der Waals surface area contributed by atoms with Gasteiger partial charge in [0.1, 0.15) is 6.04 Å². The number of carbonyl (C=O) groups is 3. The van der Waals surface area contributed by atoms with Crippen molar-refractivity contribution in [2.75, 3.05) is 0 Å². The molecule has 7 heteroatoms. The summed E-state index contributed by atoms with van der Waals surface area (Å²) in [5, 5.41) is 21.1. The summed E-state index contributed by atoms with van der Waals surface area (Å²) in [6.07, 6.45) is 1.73. The number of hydrogen-bond acceptors (Lipinski definition) is 3. The number of nitrogens with one attached hydrogen (secondary N) is 2. The Balaban J connectivity index is 2.32. The van der Waals surface area contributed by atoms with Gasteiger partial charge in [-0.25, -0.2) is 9.59 Å². The summed E-state index contributed by atoms with van der Waals surface area (Å²) >= 11 is 0. The van der Waals surface area contributed by atoms with E-state index in [-0.39, 0.29) is 12.0 Å². The number of aromatic nitrogens is 1. The van der Waals surface area contributed by atoms with E-state index in [0.717, 1.165) is 5.39 Å². The molecule has 0 spiro atoms. The quantitative estimate of drug-likeness (QED) is 0.655. The number of H-pyrrole nitrogens is 1. The fraction of sp³-hybridized carbons (Fsp3) is 0.214. The number of benzene rings is 1. The van der Waals surface area contributed by atoms with Gasteiger partial charge in [0.2, 0.25) is 5.91 Å². The molecule has 21 heavy (non-hydrogen) atoms. The largest absolute Gasteiger partial charge is 0.480 e. The molecule has 110 valence electrons. The molecular formula is C14H14N2O5. The van der Waals surface area contributed by atoms with E-state index >= 15 is 0 Å². The Kier molecular flexibility index (Phi) is 3.93. The van der Waals surface area contributed by atoms with Crippen molar-refractivity contribution in [1.29, 1.82) is 0 Å². The zero-order valence-electron chi connectivity index (χ0n) is 11.2. The van der Waals surface area contributed by atoms with Crippen LogP contribution < -0.4 is 5.32 Å². The molecule has 0 bridgehead atoms. The summed E-state index contributed by atoms with van der Waals surface area (Å²) in [5.41, 5.74) is 1.45. The minimum absolute atomic E-state index is 0.112. The Morgan fingerprint density at radius 2 is 2.00 bits per heavy atom. The lowest BCUT2D eigenvalue weighted by Gasteiger charge is -2.12. The van der Waals surface area contributed by atoms with Crippen LogP contribution in [0, 0.1) is 0 Å². The molecular weight excluding hydrogens is 276 g/mol. The number of aliphatic carboxylic acids is 1. The van der Waals surface area contributed by atoms with Gasteiger partial charge in [0.25, 0.3) is 0 Å².